The van der Waals surface area contributed by atoms with E-state index in [1.165, 1.54) is 0 Å². The number of rotatable bonds is 3. The summed E-state index contributed by atoms with van der Waals surface area (Å²) in [5, 5.41) is 10.9. The molecule has 2 N–H and O–H groups in total. The number of nitrogens with zero attached hydrogens (tertiary/aromatic N) is 3. The maximum Gasteiger partial charge on any atom is 0.242 e. The minimum atomic E-state index is -0.628. The van der Waals surface area contributed by atoms with Crippen LogP contribution in [0.2, 0.25) is 0 Å². The van der Waals surface area contributed by atoms with E-state index in [1.807, 2.05) is 47.7 Å². The highest BCUT2D eigenvalue weighted by Crippen LogP contribution is 2.49. The summed E-state index contributed by atoms with van der Waals surface area (Å²) in [5.41, 5.74) is 8.37. The Morgan fingerprint density at radius 2 is 2.03 bits per heavy atom. The van der Waals surface area contributed by atoms with Crippen molar-refractivity contribution in [1.29, 1.82) is 5.26 Å². The molecule has 1 aliphatic carbocycles. The van der Waals surface area contributed by atoms with Crippen molar-refractivity contribution in [1.82, 2.24) is 9.47 Å². The first-order valence-corrected chi connectivity index (χ1v) is 12.4. The van der Waals surface area contributed by atoms with Crippen molar-refractivity contribution in [2.24, 2.45) is 11.1 Å². The van der Waals surface area contributed by atoms with Crippen molar-refractivity contribution in [3.63, 3.8) is 0 Å². The van der Waals surface area contributed by atoms with Crippen molar-refractivity contribution >= 4 is 38.5 Å². The largest absolute Gasteiger partial charge is 0.444 e. The summed E-state index contributed by atoms with van der Waals surface area (Å²) in [6.45, 7) is 5.83. The summed E-state index contributed by atoms with van der Waals surface area (Å²) >= 11 is 3.55. The minimum absolute atomic E-state index is 0.0273. The number of ether oxygens (including phenoxy) is 1. The van der Waals surface area contributed by atoms with Crippen LogP contribution in [0.15, 0.2) is 51.7 Å². The summed E-state index contributed by atoms with van der Waals surface area (Å²) in [4.78, 5) is 28.2. The number of likely N-dealkylation sites (tertiary alicyclic amines) is 1. The molecule has 2 aliphatic heterocycles. The molecule has 0 spiro atoms. The number of carbonyl (C=O) groups excluding carboxylic acids is 2. The molecular weight excluding hydrogens is 496 g/mol. The molecule has 1 saturated heterocycles. The van der Waals surface area contributed by atoms with Gasteiger partial charge in [-0.25, -0.2) is 0 Å². The van der Waals surface area contributed by atoms with E-state index in [9.17, 15) is 14.9 Å². The van der Waals surface area contributed by atoms with E-state index in [1.54, 1.807) is 0 Å². The van der Waals surface area contributed by atoms with Crippen molar-refractivity contribution in [3.8, 4) is 6.07 Å². The molecule has 176 valence electrons. The predicted octanol–water partition coefficient (Wildman–Crippen LogP) is 4.48. The topological polar surface area (TPSA) is 101 Å². The zero-order valence-corrected chi connectivity index (χ0v) is 20.9. The number of fused-ring (bicyclic) bond motifs is 1. The second-order valence-corrected chi connectivity index (χ2v) is 11.1. The molecule has 7 nitrogen and oxygen atoms in total. The van der Waals surface area contributed by atoms with Gasteiger partial charge in [0.2, 0.25) is 11.8 Å². The number of nitrogens with two attached hydrogens (primary N) is 1. The van der Waals surface area contributed by atoms with Crippen LogP contribution >= 0.6 is 15.9 Å². The van der Waals surface area contributed by atoms with Crippen molar-refractivity contribution in [2.75, 3.05) is 13.1 Å². The lowest BCUT2D eigenvalue weighted by atomic mass is 9.70. The molecule has 3 heterocycles. The molecule has 1 amide bonds. The fourth-order valence-corrected chi connectivity index (χ4v) is 5.83. The first-order chi connectivity index (χ1) is 16.2. The van der Waals surface area contributed by atoms with E-state index in [0.29, 0.717) is 24.2 Å². The molecule has 0 bridgehead atoms. The van der Waals surface area contributed by atoms with E-state index < -0.39 is 5.92 Å². The van der Waals surface area contributed by atoms with Gasteiger partial charge in [-0.2, -0.15) is 5.26 Å². The number of allylic oxidation sites excluding steroid dienone is 3. The number of carbonyl (C=O) groups is 2. The predicted molar refractivity (Wildman–Crippen MR) is 131 cm³/mol. The molecule has 8 heteroatoms. The molecule has 34 heavy (non-hydrogen) atoms. The van der Waals surface area contributed by atoms with Gasteiger partial charge < -0.3 is 19.9 Å². The number of amides is 1. The highest BCUT2D eigenvalue weighted by atomic mass is 79.9. The van der Waals surface area contributed by atoms with Gasteiger partial charge in [-0.15, -0.1) is 0 Å². The Morgan fingerprint density at radius 3 is 2.74 bits per heavy atom. The lowest BCUT2D eigenvalue weighted by Gasteiger charge is -2.37. The second kappa shape index (κ2) is 8.31. The van der Waals surface area contributed by atoms with Crippen LogP contribution in [0, 0.1) is 16.7 Å². The number of benzene rings is 1. The van der Waals surface area contributed by atoms with Crippen LogP contribution in [-0.4, -0.2) is 34.2 Å². The van der Waals surface area contributed by atoms with Crippen LogP contribution in [0.25, 0.3) is 10.9 Å². The first-order valence-electron chi connectivity index (χ1n) is 11.6. The standard InChI is InChI=1S/C26H27BrN4O3/c1-26(2)10-20(32)24-21(11-26)34-25(29)17(12-28)23(24)18-13-31(14-22(33)30-7-3-4-8-30)19-6-5-15(27)9-16(18)19/h5-6,9,13,23H,3-4,7-8,10-11,14,29H2,1-2H3. The third kappa shape index (κ3) is 3.82. The van der Waals surface area contributed by atoms with Gasteiger partial charge in [0, 0.05) is 53.1 Å². The number of hydrogen-bond acceptors (Lipinski definition) is 5. The quantitative estimate of drug-likeness (QED) is 0.640. The lowest BCUT2D eigenvalue weighted by Crippen LogP contribution is -2.33. The number of halogens is 1. The highest BCUT2D eigenvalue weighted by molar-refractivity contribution is 9.10. The maximum atomic E-state index is 13.4. The molecule has 0 radical (unpaired) electrons. The van der Waals surface area contributed by atoms with Crippen LogP contribution in [0.4, 0.5) is 0 Å². The highest BCUT2D eigenvalue weighted by Gasteiger charge is 2.43. The van der Waals surface area contributed by atoms with Gasteiger partial charge in [-0.3, -0.25) is 9.59 Å². The normalized spacial score (nSPS) is 22.1. The van der Waals surface area contributed by atoms with E-state index in [0.717, 1.165) is 46.9 Å². The number of aromatic nitrogens is 1. The Labute approximate surface area is 207 Å². The van der Waals surface area contributed by atoms with Gasteiger partial charge in [0.15, 0.2) is 5.78 Å². The zero-order chi connectivity index (χ0) is 24.2. The summed E-state index contributed by atoms with van der Waals surface area (Å²) in [7, 11) is 0. The third-order valence-corrected chi connectivity index (χ3v) is 7.52. The summed E-state index contributed by atoms with van der Waals surface area (Å²) < 4.78 is 8.64. The van der Waals surface area contributed by atoms with Gasteiger partial charge in [0.05, 0.1) is 5.92 Å². The monoisotopic (exact) mass is 522 g/mol. The van der Waals surface area contributed by atoms with Crippen LogP contribution in [0.5, 0.6) is 0 Å². The zero-order valence-electron chi connectivity index (χ0n) is 19.4. The summed E-state index contributed by atoms with van der Waals surface area (Å²) in [5.74, 6) is 0.00668. The molecule has 3 aliphatic rings. The fraction of sp³-hybridized carbons (Fsp3) is 0.423. The van der Waals surface area contributed by atoms with Crippen LogP contribution < -0.4 is 5.73 Å². The fourth-order valence-electron chi connectivity index (χ4n) is 5.47. The van der Waals surface area contributed by atoms with Crippen LogP contribution in [0.1, 0.15) is 51.0 Å². The molecular formula is C26H27BrN4O3. The Kier molecular flexibility index (Phi) is 5.56. The molecule has 0 saturated carbocycles. The number of nitriles is 1. The summed E-state index contributed by atoms with van der Waals surface area (Å²) in [6.07, 6.45) is 4.91. The molecule has 2 aromatic rings. The van der Waals surface area contributed by atoms with E-state index in [4.69, 9.17) is 10.5 Å². The molecule has 1 aromatic heterocycles. The summed E-state index contributed by atoms with van der Waals surface area (Å²) in [6, 6.07) is 8.06. The lowest BCUT2D eigenvalue weighted by molar-refractivity contribution is -0.130. The smallest absolute Gasteiger partial charge is 0.242 e. The van der Waals surface area contributed by atoms with Crippen LogP contribution in [-0.2, 0) is 20.9 Å². The molecule has 1 atom stereocenters. The number of Topliss-reactive ketones (excluding diaryl/α,β-unsaturated/α-hetero) is 1. The molecule has 1 unspecified atom stereocenters. The SMILES string of the molecule is CC1(C)CC(=O)C2=C(C1)OC(N)=C(C#N)C2c1cn(CC(=O)N2CCCC2)c2ccc(Br)cc12. The van der Waals surface area contributed by atoms with Gasteiger partial charge >= 0.3 is 0 Å². The van der Waals surface area contributed by atoms with E-state index in [-0.39, 0.29) is 35.1 Å². The first kappa shape index (κ1) is 22.7. The maximum absolute atomic E-state index is 13.4. The van der Waals surface area contributed by atoms with Crippen molar-refractivity contribution in [2.45, 2.75) is 52.0 Å². The van der Waals surface area contributed by atoms with Gasteiger partial charge in [-0.1, -0.05) is 29.8 Å². The van der Waals surface area contributed by atoms with E-state index >= 15 is 0 Å². The third-order valence-electron chi connectivity index (χ3n) is 7.02. The van der Waals surface area contributed by atoms with E-state index in [2.05, 4.69) is 22.0 Å². The Morgan fingerprint density at radius 1 is 1.29 bits per heavy atom. The van der Waals surface area contributed by atoms with Gasteiger partial charge in [-0.05, 0) is 42.0 Å². The van der Waals surface area contributed by atoms with Crippen molar-refractivity contribution in [3.05, 3.63) is 57.2 Å². The van der Waals surface area contributed by atoms with Crippen molar-refractivity contribution < 1.29 is 14.3 Å². The minimum Gasteiger partial charge on any atom is -0.444 e. The Hall–Kier alpha value is -3.05. The average Bonchev–Trinajstić information content (AvgIpc) is 3.40. The number of hydrogen-bond donors (Lipinski definition) is 1. The Bertz CT molecular complexity index is 1320. The molecule has 1 fully saturated rings. The molecule has 5 rings (SSSR count). The Balaban J connectivity index is 1.67. The van der Waals surface area contributed by atoms with Gasteiger partial charge in [0.25, 0.3) is 0 Å². The second-order valence-electron chi connectivity index (χ2n) is 10.2. The van der Waals surface area contributed by atoms with Gasteiger partial charge in [0.1, 0.15) is 23.9 Å². The molecule has 1 aromatic carbocycles. The number of ketones is 1. The average molecular weight is 523 g/mol. The van der Waals surface area contributed by atoms with Crippen LogP contribution in [0.3, 0.4) is 0 Å².